The van der Waals surface area contributed by atoms with E-state index in [0.29, 0.717) is 11.6 Å². The zero-order chi connectivity index (χ0) is 19.8. The van der Waals surface area contributed by atoms with Gasteiger partial charge < -0.3 is 10.1 Å². The molecule has 5 heteroatoms. The van der Waals surface area contributed by atoms with Crippen molar-refractivity contribution in [1.82, 2.24) is 10.6 Å². The molecule has 1 atom stereocenters. The Hall–Kier alpha value is -2.82. The second-order valence-corrected chi connectivity index (χ2v) is 6.84. The molecule has 0 fully saturated rings. The maximum atomic E-state index is 12.3. The van der Waals surface area contributed by atoms with Gasteiger partial charge in [0.2, 0.25) is 5.91 Å². The molecule has 28 heavy (non-hydrogen) atoms. The van der Waals surface area contributed by atoms with E-state index in [9.17, 15) is 4.79 Å². The van der Waals surface area contributed by atoms with E-state index in [4.69, 9.17) is 16.3 Å². The number of ether oxygens (including phenoxy) is 1. The number of halogens is 1. The highest BCUT2D eigenvalue weighted by Crippen LogP contribution is 2.24. The molecule has 1 amide bonds. The lowest BCUT2D eigenvalue weighted by Crippen LogP contribution is -2.35. The van der Waals surface area contributed by atoms with E-state index in [-0.39, 0.29) is 18.5 Å². The molecular formula is C23H23ClN2O2. The molecule has 0 spiro atoms. The van der Waals surface area contributed by atoms with Crippen LogP contribution < -0.4 is 15.4 Å². The van der Waals surface area contributed by atoms with Crippen LogP contribution in [0.3, 0.4) is 0 Å². The number of rotatable bonds is 8. The van der Waals surface area contributed by atoms with E-state index in [1.54, 1.807) is 7.11 Å². The van der Waals surface area contributed by atoms with Crippen LogP contribution in [-0.4, -0.2) is 19.6 Å². The van der Waals surface area contributed by atoms with Crippen LogP contribution in [0.2, 0.25) is 5.02 Å². The van der Waals surface area contributed by atoms with Crippen LogP contribution in [-0.2, 0) is 11.3 Å². The number of hydrogen-bond donors (Lipinski definition) is 2. The first kappa shape index (κ1) is 19.9. The molecule has 0 bridgehead atoms. The SMILES string of the molecule is COc1ccc([C@H](NCC(=O)NCc2cccc(Cl)c2)c2ccccc2)cc1. The van der Waals surface area contributed by atoms with E-state index in [1.807, 2.05) is 78.9 Å². The van der Waals surface area contributed by atoms with Gasteiger partial charge in [0.05, 0.1) is 19.7 Å². The third-order valence-electron chi connectivity index (χ3n) is 4.43. The fraction of sp³-hybridized carbons (Fsp3) is 0.174. The molecule has 2 N–H and O–H groups in total. The standard InChI is InChI=1S/C23H23ClN2O2/c1-28-21-12-10-19(11-13-21)23(18-7-3-2-4-8-18)26-16-22(27)25-15-17-6-5-9-20(24)14-17/h2-14,23,26H,15-16H2,1H3,(H,25,27)/t23-/m1/s1. The first-order valence-electron chi connectivity index (χ1n) is 9.09. The van der Waals surface area contributed by atoms with Gasteiger partial charge in [-0.1, -0.05) is 66.2 Å². The smallest absolute Gasteiger partial charge is 0.234 e. The first-order chi connectivity index (χ1) is 13.7. The van der Waals surface area contributed by atoms with Crippen molar-refractivity contribution in [1.29, 1.82) is 0 Å². The monoisotopic (exact) mass is 394 g/mol. The lowest BCUT2D eigenvalue weighted by molar-refractivity contribution is -0.120. The van der Waals surface area contributed by atoms with Crippen molar-refractivity contribution in [2.75, 3.05) is 13.7 Å². The maximum absolute atomic E-state index is 12.3. The van der Waals surface area contributed by atoms with E-state index < -0.39 is 0 Å². The number of methoxy groups -OCH3 is 1. The van der Waals surface area contributed by atoms with Gasteiger partial charge in [-0.05, 0) is 41.0 Å². The number of nitrogens with one attached hydrogen (secondary N) is 2. The van der Waals surface area contributed by atoms with Crippen LogP contribution in [0.25, 0.3) is 0 Å². The number of hydrogen-bond acceptors (Lipinski definition) is 3. The Morgan fingerprint density at radius 1 is 0.964 bits per heavy atom. The normalized spacial score (nSPS) is 11.6. The predicted octanol–water partition coefficient (Wildman–Crippen LogP) is 4.34. The molecule has 0 heterocycles. The van der Waals surface area contributed by atoms with Crippen LogP contribution in [0.1, 0.15) is 22.7 Å². The van der Waals surface area contributed by atoms with E-state index in [2.05, 4.69) is 10.6 Å². The minimum Gasteiger partial charge on any atom is -0.497 e. The van der Waals surface area contributed by atoms with E-state index >= 15 is 0 Å². The van der Waals surface area contributed by atoms with Gasteiger partial charge in [-0.3, -0.25) is 10.1 Å². The lowest BCUT2D eigenvalue weighted by atomic mass is 9.98. The van der Waals surface area contributed by atoms with E-state index in [1.165, 1.54) is 0 Å². The van der Waals surface area contributed by atoms with Gasteiger partial charge in [-0.15, -0.1) is 0 Å². The summed E-state index contributed by atoms with van der Waals surface area (Å²) in [5.41, 5.74) is 3.13. The Kier molecular flexibility index (Phi) is 7.06. The minimum absolute atomic E-state index is 0.0746. The van der Waals surface area contributed by atoms with Crippen LogP contribution >= 0.6 is 11.6 Å². The minimum atomic E-state index is -0.0935. The summed E-state index contributed by atoms with van der Waals surface area (Å²) >= 11 is 5.99. The van der Waals surface area contributed by atoms with Crippen LogP contribution in [0, 0.1) is 0 Å². The molecule has 3 aromatic rings. The Labute approximate surface area is 170 Å². The third kappa shape index (κ3) is 5.59. The lowest BCUT2D eigenvalue weighted by Gasteiger charge is -2.20. The maximum Gasteiger partial charge on any atom is 0.234 e. The number of carbonyl (C=O) groups is 1. The van der Waals surface area contributed by atoms with Crippen LogP contribution in [0.5, 0.6) is 5.75 Å². The van der Waals surface area contributed by atoms with Crippen LogP contribution in [0.15, 0.2) is 78.9 Å². The fourth-order valence-electron chi connectivity index (χ4n) is 2.97. The molecule has 0 aliphatic rings. The van der Waals surface area contributed by atoms with Crippen LogP contribution in [0.4, 0.5) is 0 Å². The second-order valence-electron chi connectivity index (χ2n) is 6.40. The molecule has 0 radical (unpaired) electrons. The van der Waals surface area contributed by atoms with Crippen molar-refractivity contribution < 1.29 is 9.53 Å². The molecule has 144 valence electrons. The fourth-order valence-corrected chi connectivity index (χ4v) is 3.19. The summed E-state index contributed by atoms with van der Waals surface area (Å²) < 4.78 is 5.24. The highest BCUT2D eigenvalue weighted by molar-refractivity contribution is 6.30. The molecule has 0 aliphatic carbocycles. The molecule has 3 aromatic carbocycles. The average molecular weight is 395 g/mol. The summed E-state index contributed by atoms with van der Waals surface area (Å²) in [6.45, 7) is 0.645. The molecule has 0 aromatic heterocycles. The molecule has 0 saturated carbocycles. The highest BCUT2D eigenvalue weighted by Gasteiger charge is 2.15. The molecular weight excluding hydrogens is 372 g/mol. The number of carbonyl (C=O) groups excluding carboxylic acids is 1. The Morgan fingerprint density at radius 3 is 2.36 bits per heavy atom. The zero-order valence-electron chi connectivity index (χ0n) is 15.7. The molecule has 0 saturated heterocycles. The predicted molar refractivity (Wildman–Crippen MR) is 113 cm³/mol. The Bertz CT molecular complexity index is 898. The van der Waals surface area contributed by atoms with Crippen molar-refractivity contribution in [2.24, 2.45) is 0 Å². The molecule has 3 rings (SSSR count). The zero-order valence-corrected chi connectivity index (χ0v) is 16.4. The average Bonchev–Trinajstić information content (AvgIpc) is 2.74. The van der Waals surface area contributed by atoms with Crippen molar-refractivity contribution in [3.05, 3.63) is 101 Å². The summed E-state index contributed by atoms with van der Waals surface area (Å²) in [4.78, 5) is 12.3. The van der Waals surface area contributed by atoms with Gasteiger partial charge in [-0.2, -0.15) is 0 Å². The van der Waals surface area contributed by atoms with Crippen molar-refractivity contribution in [2.45, 2.75) is 12.6 Å². The summed E-state index contributed by atoms with van der Waals surface area (Å²) in [5.74, 6) is 0.726. The third-order valence-corrected chi connectivity index (χ3v) is 4.66. The molecule has 4 nitrogen and oxygen atoms in total. The summed E-state index contributed by atoms with van der Waals surface area (Å²) in [6, 6.07) is 25.3. The van der Waals surface area contributed by atoms with Gasteiger partial charge >= 0.3 is 0 Å². The largest absolute Gasteiger partial charge is 0.497 e. The quantitative estimate of drug-likeness (QED) is 0.597. The Balaban J connectivity index is 1.65. The van der Waals surface area contributed by atoms with Gasteiger partial charge in [0, 0.05) is 11.6 Å². The number of benzene rings is 3. The van der Waals surface area contributed by atoms with Gasteiger partial charge in [-0.25, -0.2) is 0 Å². The summed E-state index contributed by atoms with van der Waals surface area (Å²) in [5, 5.41) is 6.94. The summed E-state index contributed by atoms with van der Waals surface area (Å²) in [7, 11) is 1.65. The topological polar surface area (TPSA) is 50.4 Å². The second kappa shape index (κ2) is 9.93. The first-order valence-corrected chi connectivity index (χ1v) is 9.47. The van der Waals surface area contributed by atoms with Crippen molar-refractivity contribution in [3.8, 4) is 5.75 Å². The summed E-state index contributed by atoms with van der Waals surface area (Å²) in [6.07, 6.45) is 0. The van der Waals surface area contributed by atoms with E-state index in [0.717, 1.165) is 22.4 Å². The number of amides is 1. The Morgan fingerprint density at radius 2 is 1.68 bits per heavy atom. The highest BCUT2D eigenvalue weighted by atomic mass is 35.5. The molecule has 0 aliphatic heterocycles. The van der Waals surface area contributed by atoms with Gasteiger partial charge in [0.15, 0.2) is 0 Å². The molecule has 0 unspecified atom stereocenters. The van der Waals surface area contributed by atoms with Crippen molar-refractivity contribution >= 4 is 17.5 Å². The van der Waals surface area contributed by atoms with Gasteiger partial charge in [0.1, 0.15) is 5.75 Å². The van der Waals surface area contributed by atoms with Crippen molar-refractivity contribution in [3.63, 3.8) is 0 Å². The van der Waals surface area contributed by atoms with Gasteiger partial charge in [0.25, 0.3) is 0 Å².